The number of hydrogen-bond acceptors (Lipinski definition) is 7. The minimum absolute atomic E-state index is 0. The van der Waals surface area contributed by atoms with Crippen LogP contribution in [0.15, 0.2) is 23.2 Å². The van der Waals surface area contributed by atoms with Crippen LogP contribution in [0.4, 0.5) is 0 Å². The average Bonchev–Trinajstić information content (AvgIpc) is 3.36. The summed E-state index contributed by atoms with van der Waals surface area (Å²) in [5.41, 5.74) is 1.89. The first kappa shape index (κ1) is 21.2. The third-order valence-electron chi connectivity index (χ3n) is 3.87. The second kappa shape index (κ2) is 7.89. The van der Waals surface area contributed by atoms with E-state index in [1.165, 1.54) is 6.08 Å². The number of hydrogen-bond donors (Lipinski definition) is 3. The van der Waals surface area contributed by atoms with E-state index in [0.717, 1.165) is 46.3 Å². The molecule has 0 aromatic carbocycles. The molecule has 0 radical (unpaired) electrons. The summed E-state index contributed by atoms with van der Waals surface area (Å²) in [6.45, 7) is 5.41. The van der Waals surface area contributed by atoms with Crippen molar-refractivity contribution in [2.45, 2.75) is 0 Å². The molecular formula is C13H20KN4O6P. The van der Waals surface area contributed by atoms with Crippen molar-refractivity contribution >= 4 is 70.7 Å². The molecule has 0 amide bonds. The molecule has 4 aliphatic rings. The number of carbonyl (C=O) groups excluding carboxylic acids is 2. The Morgan fingerprint density at radius 3 is 1.72 bits per heavy atom. The van der Waals surface area contributed by atoms with Gasteiger partial charge in [-0.15, -0.1) is 0 Å². The zero-order valence-corrected chi connectivity index (χ0v) is 14.0. The number of Topliss-reactive ketones (excluding diaryl/α,β-unsaturated/α-hetero) is 1. The van der Waals surface area contributed by atoms with E-state index in [1.54, 1.807) is 0 Å². The molecule has 0 aromatic heterocycles. The van der Waals surface area contributed by atoms with Gasteiger partial charge in [0.2, 0.25) is 11.6 Å². The van der Waals surface area contributed by atoms with Gasteiger partial charge in [-0.1, -0.05) is 4.83 Å². The zero-order chi connectivity index (χ0) is 17.6. The predicted octanol–water partition coefficient (Wildman–Crippen LogP) is -2.07. The monoisotopic (exact) mass is 398 g/mol. The Hall–Kier alpha value is -0.0736. The summed E-state index contributed by atoms with van der Waals surface area (Å²) in [5, 5.41) is 7.96. The van der Waals surface area contributed by atoms with E-state index in [0.29, 0.717) is 17.1 Å². The summed E-state index contributed by atoms with van der Waals surface area (Å²) >= 11 is 0. The van der Waals surface area contributed by atoms with Crippen molar-refractivity contribution in [1.82, 2.24) is 19.5 Å². The van der Waals surface area contributed by atoms with Crippen LogP contribution in [0.5, 0.6) is 0 Å². The van der Waals surface area contributed by atoms with Crippen LogP contribution >= 0.6 is 7.75 Å². The fraction of sp³-hybridized carbons (Fsp3) is 0.538. The summed E-state index contributed by atoms with van der Waals surface area (Å²) in [4.78, 5) is 46.1. The first-order valence-corrected chi connectivity index (χ1v) is 9.05. The Kier molecular flexibility index (Phi) is 6.70. The summed E-state index contributed by atoms with van der Waals surface area (Å²) in [7, 11) is -3.47. The molecule has 3 heterocycles. The second-order valence-corrected chi connectivity index (χ2v) is 7.49. The topological polar surface area (TPSA) is 124 Å². The van der Waals surface area contributed by atoms with Crippen LogP contribution in [0.25, 0.3) is 0 Å². The summed E-state index contributed by atoms with van der Waals surface area (Å²) in [5.74, 6) is 0.0485. The van der Waals surface area contributed by atoms with Gasteiger partial charge in [0.05, 0.1) is 5.70 Å². The molecule has 0 unspecified atom stereocenters. The van der Waals surface area contributed by atoms with Crippen LogP contribution in [-0.2, 0) is 14.2 Å². The molecule has 0 bridgehead atoms. The number of rotatable bonds is 4. The van der Waals surface area contributed by atoms with Crippen molar-refractivity contribution in [3.8, 4) is 0 Å². The first-order valence-electron chi connectivity index (χ1n) is 7.48. The van der Waals surface area contributed by atoms with Crippen LogP contribution in [0, 0.1) is 0 Å². The normalized spacial score (nSPS) is 21.6. The molecule has 12 heteroatoms. The van der Waals surface area contributed by atoms with Gasteiger partial charge in [-0.25, -0.2) is 4.57 Å². The molecule has 0 saturated carbocycles. The number of ketones is 2. The summed E-state index contributed by atoms with van der Waals surface area (Å²) in [6, 6.07) is 0. The molecule has 1 aliphatic carbocycles. The average molecular weight is 398 g/mol. The van der Waals surface area contributed by atoms with E-state index in [-0.39, 0.29) is 67.8 Å². The third kappa shape index (κ3) is 5.22. The van der Waals surface area contributed by atoms with E-state index in [1.807, 2.05) is 14.7 Å². The Labute approximate surface area is 187 Å². The maximum absolute atomic E-state index is 12.4. The predicted molar refractivity (Wildman–Crippen MR) is 88.6 cm³/mol. The minimum atomic E-state index is -4.35. The molecular weight excluding hydrogens is 378 g/mol. The van der Waals surface area contributed by atoms with E-state index in [9.17, 15) is 14.2 Å². The van der Waals surface area contributed by atoms with Gasteiger partial charge >= 0.3 is 59.1 Å². The van der Waals surface area contributed by atoms with Crippen molar-refractivity contribution in [2.24, 2.45) is 0 Å². The summed E-state index contributed by atoms with van der Waals surface area (Å²) in [6.07, 6.45) is 1.52. The fourth-order valence-corrected chi connectivity index (χ4v) is 2.28. The van der Waals surface area contributed by atoms with E-state index < -0.39 is 7.75 Å². The van der Waals surface area contributed by atoms with Crippen molar-refractivity contribution in [2.75, 3.05) is 46.3 Å². The Morgan fingerprint density at radius 1 is 0.960 bits per heavy atom. The van der Waals surface area contributed by atoms with E-state index in [4.69, 9.17) is 15.0 Å². The summed E-state index contributed by atoms with van der Waals surface area (Å²) < 4.78 is 9.70. The Morgan fingerprint density at radius 2 is 1.36 bits per heavy atom. The van der Waals surface area contributed by atoms with Crippen molar-refractivity contribution in [3.63, 3.8) is 0 Å². The van der Waals surface area contributed by atoms with Crippen LogP contribution in [-0.4, -0.2) is 144 Å². The molecule has 0 spiro atoms. The number of hydroxylamine groups is 1. The molecule has 0 aromatic rings. The molecule has 3 fully saturated rings. The molecule has 3 saturated heterocycles. The maximum atomic E-state index is 12.4. The quantitative estimate of drug-likeness (QED) is 0.160. The van der Waals surface area contributed by atoms with Gasteiger partial charge in [0, 0.05) is 52.4 Å². The van der Waals surface area contributed by atoms with Gasteiger partial charge in [-0.05, 0) is 0 Å². The standard InChI is InChI=1S/C12H13N3O2.CH6NO4P.K.H/c16-9-7-8(13-1-2-13)12(17)11(15-5-6-15)10(9)14-3-4-14;1-2(3)7(4,5)6;;/h7H,1-6H2;3H,1H3,(H2,4,5,6);;. The first-order chi connectivity index (χ1) is 11.2. The SMILES string of the molecule is CN(O)P(=O)(O)O.O=C1C=C(N2CC2)C(=O)C(N2CC2)=C1N1CC1.[KH]. The second-order valence-electron chi connectivity index (χ2n) is 5.88. The van der Waals surface area contributed by atoms with Gasteiger partial charge < -0.3 is 29.7 Å². The number of allylic oxidation sites excluding steroid dienone is 1. The number of nitrogens with zero attached hydrogens (tertiary/aromatic N) is 4. The van der Waals surface area contributed by atoms with Gasteiger partial charge in [0.25, 0.3) is 0 Å². The van der Waals surface area contributed by atoms with Crippen LogP contribution in [0.1, 0.15) is 0 Å². The molecule has 10 nitrogen and oxygen atoms in total. The molecule has 3 N–H and O–H groups in total. The van der Waals surface area contributed by atoms with Crippen LogP contribution < -0.4 is 0 Å². The van der Waals surface area contributed by atoms with Crippen LogP contribution in [0.2, 0.25) is 0 Å². The number of carbonyl (C=O) groups is 2. The van der Waals surface area contributed by atoms with Crippen molar-refractivity contribution < 1.29 is 29.1 Å². The molecule has 134 valence electrons. The Bertz CT molecular complexity index is 691. The van der Waals surface area contributed by atoms with Gasteiger partial charge in [0.15, 0.2) is 0 Å². The van der Waals surface area contributed by atoms with Crippen molar-refractivity contribution in [3.05, 3.63) is 23.2 Å². The fourth-order valence-electron chi connectivity index (χ4n) is 2.28. The van der Waals surface area contributed by atoms with Crippen molar-refractivity contribution in [1.29, 1.82) is 0 Å². The molecule has 25 heavy (non-hydrogen) atoms. The molecule has 3 aliphatic heterocycles. The van der Waals surface area contributed by atoms with Gasteiger partial charge in [0.1, 0.15) is 11.4 Å². The van der Waals surface area contributed by atoms with Gasteiger partial charge in [-0.3, -0.25) is 9.59 Å². The zero-order valence-electron chi connectivity index (χ0n) is 13.1. The van der Waals surface area contributed by atoms with E-state index >= 15 is 0 Å². The molecule has 4 rings (SSSR count). The van der Waals surface area contributed by atoms with Crippen LogP contribution in [0.3, 0.4) is 0 Å². The van der Waals surface area contributed by atoms with Gasteiger partial charge in [-0.2, -0.15) is 0 Å². The Balaban J connectivity index is 0.000000246. The molecule has 0 atom stereocenters. The van der Waals surface area contributed by atoms with E-state index in [2.05, 4.69) is 0 Å². The third-order valence-corrected chi connectivity index (χ3v) is 4.62.